The molecule has 2 rings (SSSR count). The van der Waals surface area contributed by atoms with Gasteiger partial charge in [0.1, 0.15) is 16.4 Å². The van der Waals surface area contributed by atoms with Crippen molar-refractivity contribution in [3.8, 4) is 0 Å². The third-order valence-electron chi connectivity index (χ3n) is 4.26. The van der Waals surface area contributed by atoms with Gasteiger partial charge in [0, 0.05) is 25.2 Å². The first-order valence-corrected chi connectivity index (χ1v) is 8.60. The monoisotopic (exact) mass is 300 g/mol. The molecule has 1 aromatic heterocycles. The zero-order valence-corrected chi connectivity index (χ0v) is 13.3. The second kappa shape index (κ2) is 5.87. The van der Waals surface area contributed by atoms with Gasteiger partial charge in [-0.2, -0.15) is 4.31 Å². The van der Waals surface area contributed by atoms with Crippen LogP contribution in [0.4, 0.5) is 0 Å². The molecule has 0 bridgehead atoms. The lowest BCUT2D eigenvalue weighted by Crippen LogP contribution is -2.38. The highest BCUT2D eigenvalue weighted by Crippen LogP contribution is 2.32. The summed E-state index contributed by atoms with van der Waals surface area (Å²) in [5, 5.41) is 0. The van der Waals surface area contributed by atoms with Gasteiger partial charge in [0.15, 0.2) is 0 Å². The first-order valence-electron chi connectivity index (χ1n) is 7.16. The topological polar surface area (TPSA) is 76.5 Å². The Morgan fingerprint density at radius 1 is 1.20 bits per heavy atom. The van der Waals surface area contributed by atoms with Gasteiger partial charge in [-0.05, 0) is 26.7 Å². The minimum Gasteiger partial charge on any atom is -0.465 e. The van der Waals surface area contributed by atoms with Crippen LogP contribution in [0.3, 0.4) is 0 Å². The Hall–Kier alpha value is -0.850. The van der Waals surface area contributed by atoms with E-state index in [0.29, 0.717) is 17.1 Å². The van der Waals surface area contributed by atoms with Gasteiger partial charge in [-0.1, -0.05) is 19.3 Å². The average molecular weight is 300 g/mol. The van der Waals surface area contributed by atoms with E-state index in [4.69, 9.17) is 10.2 Å². The molecule has 6 heteroatoms. The number of nitrogens with zero attached hydrogens (tertiary/aromatic N) is 1. The first kappa shape index (κ1) is 15.5. The Morgan fingerprint density at radius 3 is 2.35 bits per heavy atom. The third-order valence-corrected chi connectivity index (χ3v) is 6.36. The van der Waals surface area contributed by atoms with Crippen LogP contribution >= 0.6 is 0 Å². The molecule has 0 aromatic carbocycles. The van der Waals surface area contributed by atoms with Gasteiger partial charge in [0.2, 0.25) is 10.0 Å². The fraction of sp³-hybridized carbons (Fsp3) is 0.714. The van der Waals surface area contributed by atoms with E-state index in [-0.39, 0.29) is 17.5 Å². The summed E-state index contributed by atoms with van der Waals surface area (Å²) in [4.78, 5) is 0.269. The molecule has 1 fully saturated rings. The molecule has 0 radical (unpaired) electrons. The van der Waals surface area contributed by atoms with Crippen LogP contribution < -0.4 is 5.73 Å². The quantitative estimate of drug-likeness (QED) is 0.925. The second-order valence-electron chi connectivity index (χ2n) is 5.54. The van der Waals surface area contributed by atoms with Gasteiger partial charge in [0.25, 0.3) is 0 Å². The van der Waals surface area contributed by atoms with Crippen LogP contribution in [0.1, 0.15) is 49.2 Å². The molecule has 1 aliphatic rings. The number of furan rings is 1. The van der Waals surface area contributed by atoms with Crippen molar-refractivity contribution in [1.29, 1.82) is 0 Å². The maximum Gasteiger partial charge on any atom is 0.246 e. The number of hydrogen-bond donors (Lipinski definition) is 1. The molecule has 2 N–H and O–H groups in total. The predicted octanol–water partition coefficient (Wildman–Crippen LogP) is 2.31. The van der Waals surface area contributed by atoms with Crippen molar-refractivity contribution in [1.82, 2.24) is 4.31 Å². The summed E-state index contributed by atoms with van der Waals surface area (Å²) in [6.45, 7) is 3.62. The van der Waals surface area contributed by atoms with E-state index < -0.39 is 10.0 Å². The molecule has 0 amide bonds. The SMILES string of the molecule is Cc1oc(C)c(S(=O)(=O)N(C)C2CCCCC2)c1CN. The highest BCUT2D eigenvalue weighted by Gasteiger charge is 2.34. The van der Waals surface area contributed by atoms with E-state index in [1.165, 1.54) is 10.7 Å². The zero-order chi connectivity index (χ0) is 14.9. The molecule has 114 valence electrons. The Kier molecular flexibility index (Phi) is 4.56. The van der Waals surface area contributed by atoms with Crippen molar-refractivity contribution >= 4 is 10.0 Å². The number of aryl methyl sites for hydroxylation is 2. The molecule has 1 saturated carbocycles. The molecule has 0 aliphatic heterocycles. The summed E-state index contributed by atoms with van der Waals surface area (Å²) in [6, 6.07) is 0.0916. The Balaban J connectivity index is 2.39. The Labute approximate surface area is 121 Å². The minimum atomic E-state index is -3.53. The Morgan fingerprint density at radius 2 is 1.80 bits per heavy atom. The average Bonchev–Trinajstić information content (AvgIpc) is 2.73. The lowest BCUT2D eigenvalue weighted by molar-refractivity contribution is 0.285. The molecule has 0 atom stereocenters. The normalized spacial score (nSPS) is 17.9. The molecule has 5 nitrogen and oxygen atoms in total. The molecule has 1 aliphatic carbocycles. The van der Waals surface area contributed by atoms with Crippen LogP contribution in [0, 0.1) is 13.8 Å². The molecule has 0 saturated heterocycles. The van der Waals surface area contributed by atoms with Gasteiger partial charge in [-0.15, -0.1) is 0 Å². The highest BCUT2D eigenvalue weighted by atomic mass is 32.2. The molecule has 20 heavy (non-hydrogen) atoms. The molecule has 0 unspecified atom stereocenters. The smallest absolute Gasteiger partial charge is 0.246 e. The minimum absolute atomic E-state index is 0.0916. The van der Waals surface area contributed by atoms with E-state index in [0.717, 1.165) is 25.7 Å². The van der Waals surface area contributed by atoms with Crippen LogP contribution in [0.15, 0.2) is 9.31 Å². The van der Waals surface area contributed by atoms with Crippen molar-refractivity contribution in [3.05, 3.63) is 17.1 Å². The predicted molar refractivity (Wildman–Crippen MR) is 77.9 cm³/mol. The van der Waals surface area contributed by atoms with E-state index in [9.17, 15) is 8.42 Å². The van der Waals surface area contributed by atoms with Crippen molar-refractivity contribution in [3.63, 3.8) is 0 Å². The van der Waals surface area contributed by atoms with Gasteiger partial charge in [-0.3, -0.25) is 0 Å². The molecule has 1 heterocycles. The largest absolute Gasteiger partial charge is 0.465 e. The highest BCUT2D eigenvalue weighted by molar-refractivity contribution is 7.89. The van der Waals surface area contributed by atoms with E-state index in [1.807, 2.05) is 0 Å². The van der Waals surface area contributed by atoms with Crippen LogP contribution in [-0.4, -0.2) is 25.8 Å². The van der Waals surface area contributed by atoms with Crippen molar-refractivity contribution in [2.45, 2.75) is 63.4 Å². The summed E-state index contributed by atoms with van der Waals surface area (Å²) < 4.78 is 32.7. The molecule has 1 aromatic rings. The van der Waals surface area contributed by atoms with E-state index in [1.54, 1.807) is 20.9 Å². The van der Waals surface area contributed by atoms with Crippen LogP contribution in [-0.2, 0) is 16.6 Å². The van der Waals surface area contributed by atoms with E-state index in [2.05, 4.69) is 0 Å². The van der Waals surface area contributed by atoms with Crippen molar-refractivity contribution < 1.29 is 12.8 Å². The summed E-state index contributed by atoms with van der Waals surface area (Å²) >= 11 is 0. The lowest BCUT2D eigenvalue weighted by atomic mass is 9.96. The summed E-state index contributed by atoms with van der Waals surface area (Å²) in [5.41, 5.74) is 6.30. The van der Waals surface area contributed by atoms with Crippen molar-refractivity contribution in [2.24, 2.45) is 5.73 Å². The van der Waals surface area contributed by atoms with Gasteiger partial charge in [0.05, 0.1) is 0 Å². The first-order chi connectivity index (χ1) is 9.39. The number of hydrogen-bond acceptors (Lipinski definition) is 4. The van der Waals surface area contributed by atoms with Crippen LogP contribution in [0.2, 0.25) is 0 Å². The molecular weight excluding hydrogens is 276 g/mol. The van der Waals surface area contributed by atoms with Gasteiger partial charge >= 0.3 is 0 Å². The summed E-state index contributed by atoms with van der Waals surface area (Å²) in [5.74, 6) is 1.03. The standard InChI is InChI=1S/C14H24N2O3S/c1-10-13(9-15)14(11(2)19-10)20(17,18)16(3)12-7-5-4-6-8-12/h12H,4-9,15H2,1-3H3. The van der Waals surface area contributed by atoms with Gasteiger partial charge in [-0.25, -0.2) is 8.42 Å². The molecular formula is C14H24N2O3S. The number of nitrogens with two attached hydrogens (primary N) is 1. The fourth-order valence-corrected chi connectivity index (χ4v) is 4.90. The lowest BCUT2D eigenvalue weighted by Gasteiger charge is -2.30. The summed E-state index contributed by atoms with van der Waals surface area (Å²) in [6.07, 6.45) is 5.25. The van der Waals surface area contributed by atoms with E-state index >= 15 is 0 Å². The number of rotatable bonds is 4. The van der Waals surface area contributed by atoms with Crippen molar-refractivity contribution in [2.75, 3.05) is 7.05 Å². The van der Waals surface area contributed by atoms with Crippen LogP contribution in [0.5, 0.6) is 0 Å². The number of sulfonamides is 1. The zero-order valence-electron chi connectivity index (χ0n) is 12.5. The maximum atomic E-state index is 12.9. The van der Waals surface area contributed by atoms with Crippen LogP contribution in [0.25, 0.3) is 0 Å². The molecule has 0 spiro atoms. The third kappa shape index (κ3) is 2.64. The Bertz CT molecular complexity index is 571. The summed E-state index contributed by atoms with van der Waals surface area (Å²) in [7, 11) is -1.86. The maximum absolute atomic E-state index is 12.9. The fourth-order valence-electron chi connectivity index (χ4n) is 3.07. The second-order valence-corrected chi connectivity index (χ2v) is 7.47. The van der Waals surface area contributed by atoms with Gasteiger partial charge < -0.3 is 10.2 Å².